The third-order valence-corrected chi connectivity index (χ3v) is 6.17. The van der Waals surface area contributed by atoms with Crippen LogP contribution in [0, 0.1) is 0 Å². The van der Waals surface area contributed by atoms with Crippen LogP contribution in [0.1, 0.15) is 4.88 Å². The Morgan fingerprint density at radius 1 is 0.967 bits per heavy atom. The van der Waals surface area contributed by atoms with E-state index in [9.17, 15) is 9.59 Å². The summed E-state index contributed by atoms with van der Waals surface area (Å²) in [6.45, 7) is -0.105. The summed E-state index contributed by atoms with van der Waals surface area (Å²) in [5.74, 6) is -0.526. The number of carbonyl (C=O) groups is 2. The van der Waals surface area contributed by atoms with E-state index in [-0.39, 0.29) is 24.8 Å². The third-order valence-electron chi connectivity index (χ3n) is 4.19. The van der Waals surface area contributed by atoms with Gasteiger partial charge >= 0.3 is 0 Å². The smallest absolute Gasteiger partial charge is 0.243 e. The Morgan fingerprint density at radius 2 is 1.83 bits per heavy atom. The molecule has 3 aromatic heterocycles. The van der Waals surface area contributed by atoms with E-state index < -0.39 is 0 Å². The van der Waals surface area contributed by atoms with Crippen molar-refractivity contribution in [2.75, 3.05) is 11.9 Å². The second-order valence-electron chi connectivity index (χ2n) is 6.38. The molecule has 8 heteroatoms. The van der Waals surface area contributed by atoms with Gasteiger partial charge in [0.2, 0.25) is 11.8 Å². The molecule has 4 aromatic rings. The topological polar surface area (TPSA) is 84.0 Å². The minimum Gasteiger partial charge on any atom is -0.347 e. The van der Waals surface area contributed by atoms with Crippen molar-refractivity contribution in [3.63, 3.8) is 0 Å². The van der Waals surface area contributed by atoms with Crippen LogP contribution < -0.4 is 10.6 Å². The first kappa shape index (κ1) is 19.9. The van der Waals surface area contributed by atoms with Crippen molar-refractivity contribution in [3.05, 3.63) is 77.2 Å². The molecule has 4 rings (SSSR count). The molecule has 0 aliphatic heterocycles. The molecule has 1 aromatic carbocycles. The van der Waals surface area contributed by atoms with E-state index in [0.29, 0.717) is 5.69 Å². The number of thiophene rings is 1. The minimum absolute atomic E-state index is 0.105. The molecule has 30 heavy (non-hydrogen) atoms. The first-order chi connectivity index (χ1) is 14.7. The molecule has 0 fully saturated rings. The lowest BCUT2D eigenvalue weighted by Gasteiger charge is -2.06. The fraction of sp³-hybridized carbons (Fsp3) is 0.0909. The van der Waals surface area contributed by atoms with Gasteiger partial charge in [-0.25, -0.2) is 4.98 Å². The van der Waals surface area contributed by atoms with Crippen LogP contribution in [0.2, 0.25) is 0 Å². The number of benzene rings is 1. The summed E-state index contributed by atoms with van der Waals surface area (Å²) in [6, 6.07) is 17.3. The normalized spacial score (nSPS) is 10.5. The van der Waals surface area contributed by atoms with Crippen LogP contribution in [0.4, 0.5) is 5.69 Å². The second-order valence-corrected chi connectivity index (χ2v) is 8.41. The fourth-order valence-corrected chi connectivity index (χ4v) is 4.70. The number of nitrogens with zero attached hydrogens (tertiary/aromatic N) is 2. The summed E-state index contributed by atoms with van der Waals surface area (Å²) in [7, 11) is 0. The van der Waals surface area contributed by atoms with Gasteiger partial charge in [0.25, 0.3) is 0 Å². The van der Waals surface area contributed by atoms with E-state index in [4.69, 9.17) is 4.98 Å². The summed E-state index contributed by atoms with van der Waals surface area (Å²) >= 11 is 3.09. The van der Waals surface area contributed by atoms with E-state index >= 15 is 0 Å². The van der Waals surface area contributed by atoms with E-state index in [0.717, 1.165) is 26.0 Å². The zero-order valence-corrected chi connectivity index (χ0v) is 17.5. The molecule has 2 N–H and O–H groups in total. The molecule has 6 nitrogen and oxygen atoms in total. The van der Waals surface area contributed by atoms with Gasteiger partial charge in [0.05, 0.1) is 35.4 Å². The number of amides is 2. The molecular formula is C22H18N4O2S2. The van der Waals surface area contributed by atoms with Crippen LogP contribution >= 0.6 is 22.7 Å². The van der Waals surface area contributed by atoms with Gasteiger partial charge in [-0.3, -0.25) is 14.6 Å². The predicted molar refractivity (Wildman–Crippen MR) is 120 cm³/mol. The van der Waals surface area contributed by atoms with Crippen molar-refractivity contribution in [1.29, 1.82) is 0 Å². The summed E-state index contributed by atoms with van der Waals surface area (Å²) in [6.07, 6.45) is 3.34. The maximum absolute atomic E-state index is 12.5. The monoisotopic (exact) mass is 434 g/mol. The van der Waals surface area contributed by atoms with Crippen molar-refractivity contribution in [3.8, 4) is 21.1 Å². The SMILES string of the molecule is O=C(Cc1sc(-c2ccccc2)nc1-c1cccs1)NCC(=O)Nc1cccnc1. The van der Waals surface area contributed by atoms with Crippen LogP contribution in [-0.2, 0) is 16.0 Å². The van der Waals surface area contributed by atoms with Gasteiger partial charge in [-0.05, 0) is 23.6 Å². The van der Waals surface area contributed by atoms with E-state index in [1.165, 1.54) is 11.3 Å². The highest BCUT2D eigenvalue weighted by Crippen LogP contribution is 2.36. The molecule has 0 saturated heterocycles. The van der Waals surface area contributed by atoms with Crippen molar-refractivity contribution >= 4 is 40.2 Å². The number of pyridine rings is 1. The lowest BCUT2D eigenvalue weighted by Crippen LogP contribution is -2.33. The molecule has 0 radical (unpaired) electrons. The molecule has 0 atom stereocenters. The highest BCUT2D eigenvalue weighted by molar-refractivity contribution is 7.17. The molecule has 150 valence electrons. The molecule has 3 heterocycles. The van der Waals surface area contributed by atoms with E-state index in [1.807, 2.05) is 47.8 Å². The number of thiazole rings is 1. The van der Waals surface area contributed by atoms with Crippen LogP contribution in [0.3, 0.4) is 0 Å². The Morgan fingerprint density at radius 3 is 2.57 bits per heavy atom. The first-order valence-electron chi connectivity index (χ1n) is 9.24. The lowest BCUT2D eigenvalue weighted by atomic mass is 10.2. The lowest BCUT2D eigenvalue weighted by molar-refractivity contribution is -0.123. The van der Waals surface area contributed by atoms with Crippen molar-refractivity contribution in [2.24, 2.45) is 0 Å². The number of anilines is 1. The number of hydrogen-bond acceptors (Lipinski definition) is 6. The Hall–Kier alpha value is -3.36. The zero-order valence-electron chi connectivity index (χ0n) is 15.9. The van der Waals surface area contributed by atoms with Gasteiger partial charge in [-0.1, -0.05) is 36.4 Å². The van der Waals surface area contributed by atoms with E-state index in [2.05, 4.69) is 15.6 Å². The molecule has 2 amide bonds. The Balaban J connectivity index is 1.44. The zero-order chi connectivity index (χ0) is 20.8. The minimum atomic E-state index is -0.302. The number of aromatic nitrogens is 2. The van der Waals surface area contributed by atoms with Gasteiger partial charge in [0, 0.05) is 16.6 Å². The van der Waals surface area contributed by atoms with Crippen LogP contribution in [0.5, 0.6) is 0 Å². The molecule has 0 aliphatic carbocycles. The Kier molecular flexibility index (Phi) is 6.26. The maximum Gasteiger partial charge on any atom is 0.243 e. The number of rotatable bonds is 7. The predicted octanol–water partition coefficient (Wildman–Crippen LogP) is 4.23. The van der Waals surface area contributed by atoms with Gasteiger partial charge in [-0.2, -0.15) is 0 Å². The van der Waals surface area contributed by atoms with Gasteiger partial charge in [-0.15, -0.1) is 22.7 Å². The average Bonchev–Trinajstić information content (AvgIpc) is 3.44. The quantitative estimate of drug-likeness (QED) is 0.456. The largest absolute Gasteiger partial charge is 0.347 e. The molecule has 0 saturated carbocycles. The number of nitrogens with one attached hydrogen (secondary N) is 2. The van der Waals surface area contributed by atoms with Crippen LogP contribution in [-0.4, -0.2) is 28.3 Å². The average molecular weight is 435 g/mol. The molecule has 0 spiro atoms. The van der Waals surface area contributed by atoms with Gasteiger partial charge in [0.1, 0.15) is 5.01 Å². The molecular weight excluding hydrogens is 416 g/mol. The summed E-state index contributed by atoms with van der Waals surface area (Å²) in [5, 5.41) is 8.24. The highest BCUT2D eigenvalue weighted by atomic mass is 32.1. The second kappa shape index (κ2) is 9.43. The first-order valence-corrected chi connectivity index (χ1v) is 10.9. The molecule has 0 aliphatic rings. The number of hydrogen-bond donors (Lipinski definition) is 2. The van der Waals surface area contributed by atoms with Crippen molar-refractivity contribution in [2.45, 2.75) is 6.42 Å². The van der Waals surface area contributed by atoms with Gasteiger partial charge < -0.3 is 10.6 Å². The summed E-state index contributed by atoms with van der Waals surface area (Å²) in [5.41, 5.74) is 2.43. The standard InChI is InChI=1S/C22H18N4O2S2/c27-19(24-14-20(28)25-16-8-4-10-23-13-16)12-18-21(17-9-5-11-29-17)26-22(30-18)15-6-2-1-3-7-15/h1-11,13H,12,14H2,(H,24,27)(H,25,28). The van der Waals surface area contributed by atoms with Crippen molar-refractivity contribution < 1.29 is 9.59 Å². The number of carbonyl (C=O) groups excluding carboxylic acids is 2. The summed E-state index contributed by atoms with van der Waals surface area (Å²) < 4.78 is 0. The van der Waals surface area contributed by atoms with E-state index in [1.54, 1.807) is 35.9 Å². The van der Waals surface area contributed by atoms with Crippen molar-refractivity contribution in [1.82, 2.24) is 15.3 Å². The third kappa shape index (κ3) is 4.97. The van der Waals surface area contributed by atoms with Crippen LogP contribution in [0.25, 0.3) is 21.1 Å². The fourth-order valence-electron chi connectivity index (χ4n) is 2.81. The van der Waals surface area contributed by atoms with Crippen LogP contribution in [0.15, 0.2) is 72.4 Å². The maximum atomic E-state index is 12.5. The molecule has 0 unspecified atom stereocenters. The van der Waals surface area contributed by atoms with Gasteiger partial charge in [0.15, 0.2) is 0 Å². The molecule has 0 bridgehead atoms. The summed E-state index contributed by atoms with van der Waals surface area (Å²) in [4.78, 5) is 35.2. The Bertz CT molecular complexity index is 1130. The Labute approximate surface area is 181 Å². The highest BCUT2D eigenvalue weighted by Gasteiger charge is 2.18.